The van der Waals surface area contributed by atoms with Crippen LogP contribution >= 0.6 is 11.3 Å². The van der Waals surface area contributed by atoms with E-state index in [9.17, 15) is 9.59 Å². The fourth-order valence-electron chi connectivity index (χ4n) is 2.35. The zero-order chi connectivity index (χ0) is 18.2. The number of nitrogens with zero attached hydrogens (tertiary/aromatic N) is 1. The number of ketones is 1. The summed E-state index contributed by atoms with van der Waals surface area (Å²) in [6.07, 6.45) is 3.47. The number of rotatable bonds is 8. The lowest BCUT2D eigenvalue weighted by molar-refractivity contribution is -0.683. The number of thiophene rings is 1. The number of amides is 1. The van der Waals surface area contributed by atoms with E-state index in [1.807, 2.05) is 47.8 Å². The Morgan fingerprint density at radius 3 is 2.46 bits per heavy atom. The predicted molar refractivity (Wildman–Crippen MR) is 99.6 cm³/mol. The van der Waals surface area contributed by atoms with Gasteiger partial charge in [-0.2, -0.15) is 4.57 Å². The summed E-state index contributed by atoms with van der Waals surface area (Å²) in [5.74, 6) is 0.663. The fraction of sp³-hybridized carbons (Fsp3) is 0.150. The Morgan fingerprint density at radius 2 is 1.77 bits per heavy atom. The first-order valence-corrected chi connectivity index (χ1v) is 9.12. The maximum Gasteiger partial charge on any atom is 0.251 e. The van der Waals surface area contributed by atoms with Crippen molar-refractivity contribution in [2.24, 2.45) is 0 Å². The van der Waals surface area contributed by atoms with Gasteiger partial charge in [0, 0.05) is 12.1 Å². The van der Waals surface area contributed by atoms with Crippen molar-refractivity contribution in [2.45, 2.75) is 6.54 Å². The van der Waals surface area contributed by atoms with Crippen molar-refractivity contribution in [2.75, 3.05) is 13.2 Å². The Bertz CT molecular complexity index is 847. The van der Waals surface area contributed by atoms with Gasteiger partial charge in [-0.1, -0.05) is 24.3 Å². The maximum absolute atomic E-state index is 12.1. The molecule has 0 atom stereocenters. The highest BCUT2D eigenvalue weighted by atomic mass is 32.1. The average molecular weight is 367 g/mol. The lowest BCUT2D eigenvalue weighted by Gasteiger charge is -2.07. The van der Waals surface area contributed by atoms with Gasteiger partial charge in [0.2, 0.25) is 12.3 Å². The van der Waals surface area contributed by atoms with Crippen LogP contribution in [0.15, 0.2) is 72.4 Å². The summed E-state index contributed by atoms with van der Waals surface area (Å²) in [5.41, 5.74) is 0.546. The highest BCUT2D eigenvalue weighted by Gasteiger charge is 2.14. The van der Waals surface area contributed by atoms with Gasteiger partial charge in [-0.15, -0.1) is 11.3 Å². The Morgan fingerprint density at radius 1 is 1.00 bits per heavy atom. The highest BCUT2D eigenvalue weighted by molar-refractivity contribution is 7.12. The third-order valence-electron chi connectivity index (χ3n) is 3.68. The van der Waals surface area contributed by atoms with Crippen LogP contribution in [0.2, 0.25) is 0 Å². The normalized spacial score (nSPS) is 10.3. The summed E-state index contributed by atoms with van der Waals surface area (Å²) in [5, 5.41) is 4.70. The molecule has 2 heterocycles. The van der Waals surface area contributed by atoms with Crippen molar-refractivity contribution in [1.29, 1.82) is 0 Å². The van der Waals surface area contributed by atoms with Gasteiger partial charge in [-0.25, -0.2) is 0 Å². The van der Waals surface area contributed by atoms with Crippen molar-refractivity contribution < 1.29 is 18.9 Å². The van der Waals surface area contributed by atoms with Gasteiger partial charge in [-0.05, 0) is 23.6 Å². The Kier molecular flexibility index (Phi) is 6.11. The van der Waals surface area contributed by atoms with Crippen molar-refractivity contribution in [3.05, 3.63) is 82.8 Å². The molecule has 5 nitrogen and oxygen atoms in total. The van der Waals surface area contributed by atoms with Crippen molar-refractivity contribution in [3.8, 4) is 5.75 Å². The van der Waals surface area contributed by atoms with E-state index in [0.717, 1.165) is 10.6 Å². The smallest absolute Gasteiger partial charge is 0.251 e. The molecule has 3 rings (SSSR count). The van der Waals surface area contributed by atoms with Gasteiger partial charge in [0.05, 0.1) is 17.0 Å². The van der Waals surface area contributed by atoms with E-state index < -0.39 is 0 Å². The van der Waals surface area contributed by atoms with Crippen LogP contribution in [0.5, 0.6) is 5.75 Å². The van der Waals surface area contributed by atoms with E-state index in [-0.39, 0.29) is 18.2 Å². The van der Waals surface area contributed by atoms with Crippen LogP contribution in [0.25, 0.3) is 0 Å². The third kappa shape index (κ3) is 5.00. The minimum Gasteiger partial charge on any atom is -0.492 e. The van der Waals surface area contributed by atoms with Crippen LogP contribution in [-0.2, 0) is 6.54 Å². The van der Waals surface area contributed by atoms with Gasteiger partial charge < -0.3 is 10.1 Å². The van der Waals surface area contributed by atoms with Gasteiger partial charge >= 0.3 is 0 Å². The largest absolute Gasteiger partial charge is 0.492 e. The molecular weight excluding hydrogens is 348 g/mol. The van der Waals surface area contributed by atoms with Crippen LogP contribution in [0.1, 0.15) is 20.0 Å². The zero-order valence-electron chi connectivity index (χ0n) is 14.1. The molecule has 0 saturated heterocycles. The van der Waals surface area contributed by atoms with Gasteiger partial charge in [-0.3, -0.25) is 9.59 Å². The summed E-state index contributed by atoms with van der Waals surface area (Å²) in [6.45, 7) is 1.07. The first kappa shape index (κ1) is 17.8. The molecule has 0 radical (unpaired) electrons. The molecule has 2 aromatic heterocycles. The SMILES string of the molecule is O=C(NCCOc1ccccc1)c1cc[n+](CC(=O)c2cccs2)cc1. The minimum atomic E-state index is -0.168. The Hall–Kier alpha value is -2.99. The lowest BCUT2D eigenvalue weighted by atomic mass is 10.2. The van der Waals surface area contributed by atoms with Crippen LogP contribution in [0.4, 0.5) is 0 Å². The summed E-state index contributed by atoms with van der Waals surface area (Å²) in [7, 11) is 0. The van der Waals surface area contributed by atoms with Gasteiger partial charge in [0.25, 0.3) is 5.91 Å². The molecule has 0 saturated carbocycles. The van der Waals surface area contributed by atoms with Crippen LogP contribution in [0.3, 0.4) is 0 Å². The third-order valence-corrected chi connectivity index (χ3v) is 4.59. The molecule has 0 aliphatic rings. The first-order valence-electron chi connectivity index (χ1n) is 8.24. The number of hydrogen-bond donors (Lipinski definition) is 1. The zero-order valence-corrected chi connectivity index (χ0v) is 14.9. The van der Waals surface area contributed by atoms with Gasteiger partial charge in [0.15, 0.2) is 12.4 Å². The molecule has 0 unspecified atom stereocenters. The molecule has 0 bridgehead atoms. The molecule has 0 spiro atoms. The van der Waals surface area contributed by atoms with Gasteiger partial charge in [0.1, 0.15) is 12.4 Å². The van der Waals surface area contributed by atoms with E-state index in [0.29, 0.717) is 18.7 Å². The molecule has 0 aliphatic heterocycles. The molecule has 0 fully saturated rings. The van der Waals surface area contributed by atoms with E-state index in [1.165, 1.54) is 11.3 Å². The topological polar surface area (TPSA) is 59.3 Å². The van der Waals surface area contributed by atoms with E-state index >= 15 is 0 Å². The number of benzene rings is 1. The number of ether oxygens (including phenoxy) is 1. The van der Waals surface area contributed by atoms with E-state index in [1.54, 1.807) is 29.1 Å². The first-order chi connectivity index (χ1) is 12.7. The number of pyridine rings is 1. The molecule has 26 heavy (non-hydrogen) atoms. The monoisotopic (exact) mass is 367 g/mol. The quantitative estimate of drug-likeness (QED) is 0.378. The van der Waals surface area contributed by atoms with Crippen molar-refractivity contribution in [1.82, 2.24) is 5.32 Å². The number of para-hydroxylation sites is 1. The van der Waals surface area contributed by atoms with Crippen LogP contribution in [-0.4, -0.2) is 24.8 Å². The molecule has 1 aromatic carbocycles. The number of Topliss-reactive ketones (excluding diaryl/α,β-unsaturated/α-hetero) is 1. The van der Waals surface area contributed by atoms with E-state index in [4.69, 9.17) is 4.74 Å². The summed E-state index contributed by atoms with van der Waals surface area (Å²) in [4.78, 5) is 25.0. The fourth-order valence-corrected chi connectivity index (χ4v) is 3.00. The molecule has 132 valence electrons. The van der Waals surface area contributed by atoms with E-state index in [2.05, 4.69) is 5.32 Å². The lowest BCUT2D eigenvalue weighted by Crippen LogP contribution is -2.37. The Labute approximate surface area is 155 Å². The minimum absolute atomic E-state index is 0.0558. The summed E-state index contributed by atoms with van der Waals surface area (Å²) >= 11 is 1.43. The molecule has 6 heteroatoms. The number of carbonyl (C=O) groups is 2. The predicted octanol–water partition coefficient (Wildman–Crippen LogP) is 2.73. The maximum atomic E-state index is 12.1. The standard InChI is InChI=1S/C20H18N2O3S/c23-18(19-7-4-14-26-19)15-22-11-8-16(9-12-22)20(24)21-10-13-25-17-5-2-1-3-6-17/h1-9,11-12,14H,10,13,15H2/p+1. The average Bonchev–Trinajstić information content (AvgIpc) is 3.21. The molecule has 1 amide bonds. The van der Waals surface area contributed by atoms with Crippen molar-refractivity contribution >= 4 is 23.0 Å². The van der Waals surface area contributed by atoms with Crippen LogP contribution in [0, 0.1) is 0 Å². The number of aromatic nitrogens is 1. The highest BCUT2D eigenvalue weighted by Crippen LogP contribution is 2.09. The number of hydrogen-bond acceptors (Lipinski definition) is 4. The molecule has 0 aliphatic carbocycles. The Balaban J connectivity index is 1.45. The number of nitrogens with one attached hydrogen (secondary N) is 1. The molecule has 3 aromatic rings. The summed E-state index contributed by atoms with van der Waals surface area (Å²) in [6, 6.07) is 16.5. The second kappa shape index (κ2) is 8.92. The second-order valence-corrected chi connectivity index (χ2v) is 6.52. The molecular formula is C20H19N2O3S+. The second-order valence-electron chi connectivity index (χ2n) is 5.58. The van der Waals surface area contributed by atoms with Crippen molar-refractivity contribution in [3.63, 3.8) is 0 Å². The molecule has 1 N–H and O–H groups in total. The number of carbonyl (C=O) groups excluding carboxylic acids is 2. The summed E-state index contributed by atoms with van der Waals surface area (Å²) < 4.78 is 7.30. The van der Waals surface area contributed by atoms with Crippen LogP contribution < -0.4 is 14.6 Å².